The Morgan fingerprint density at radius 1 is 1.31 bits per heavy atom. The molecule has 1 heterocycles. The van der Waals surface area contributed by atoms with Gasteiger partial charge in [0.05, 0.1) is 5.69 Å². The molecule has 0 bridgehead atoms. The topological polar surface area (TPSA) is 52.0 Å². The Morgan fingerprint density at radius 3 is 2.81 bits per heavy atom. The molecule has 1 aliphatic carbocycles. The second-order valence-corrected chi connectivity index (χ2v) is 4.81. The number of rotatable bonds is 1. The van der Waals surface area contributed by atoms with Crippen LogP contribution in [0.2, 0.25) is 5.02 Å². The first-order valence-corrected chi connectivity index (χ1v) is 5.97. The molecule has 3 nitrogen and oxygen atoms in total. The third-order valence-electron chi connectivity index (χ3n) is 3.20. The number of nitrogens with two attached hydrogens (primary N) is 1. The van der Waals surface area contributed by atoms with Gasteiger partial charge >= 0.3 is 0 Å². The molecule has 1 saturated carbocycles. The van der Waals surface area contributed by atoms with Crippen molar-refractivity contribution in [1.82, 2.24) is 4.98 Å². The number of hydrogen-bond acceptors (Lipinski definition) is 3. The molecule has 1 fully saturated rings. The van der Waals surface area contributed by atoms with Crippen molar-refractivity contribution < 1.29 is 4.42 Å². The van der Waals surface area contributed by atoms with Gasteiger partial charge in [0.1, 0.15) is 5.52 Å². The molecule has 2 N–H and O–H groups in total. The lowest BCUT2D eigenvalue weighted by Gasteiger charge is -2.00. The summed E-state index contributed by atoms with van der Waals surface area (Å²) >= 11 is 5.93. The summed E-state index contributed by atoms with van der Waals surface area (Å²) in [6, 6.07) is 3.50. The van der Waals surface area contributed by atoms with Crippen LogP contribution in [0.1, 0.15) is 37.5 Å². The molecule has 0 aliphatic heterocycles. The number of fused-ring (bicyclic) bond motifs is 1. The molecule has 1 aromatic heterocycles. The Bertz CT molecular complexity index is 529. The fraction of sp³-hybridized carbons (Fsp3) is 0.417. The molecule has 0 radical (unpaired) electrons. The van der Waals surface area contributed by atoms with Gasteiger partial charge in [0.25, 0.3) is 0 Å². The molecule has 1 aliphatic rings. The third-order valence-corrected chi connectivity index (χ3v) is 3.42. The minimum atomic E-state index is 0.463. The van der Waals surface area contributed by atoms with Crippen LogP contribution < -0.4 is 5.73 Å². The summed E-state index contributed by atoms with van der Waals surface area (Å²) in [5.74, 6) is 1.28. The fourth-order valence-electron chi connectivity index (χ4n) is 2.39. The molecular weight excluding hydrogens is 224 g/mol. The normalized spacial score (nSPS) is 17.3. The van der Waals surface area contributed by atoms with E-state index in [0.29, 0.717) is 22.2 Å². The summed E-state index contributed by atoms with van der Waals surface area (Å²) in [7, 11) is 0. The number of nitrogens with zero attached hydrogens (tertiary/aromatic N) is 1. The zero-order chi connectivity index (χ0) is 11.1. The summed E-state index contributed by atoms with van der Waals surface area (Å²) in [6.07, 6.45) is 4.86. The summed E-state index contributed by atoms with van der Waals surface area (Å²) in [5, 5.41) is 0.608. The van der Waals surface area contributed by atoms with Crippen LogP contribution in [0.25, 0.3) is 11.1 Å². The second kappa shape index (κ2) is 3.67. The maximum absolute atomic E-state index is 5.93. The highest BCUT2D eigenvalue weighted by Gasteiger charge is 2.22. The number of anilines is 1. The van der Waals surface area contributed by atoms with Crippen molar-refractivity contribution in [3.05, 3.63) is 23.0 Å². The van der Waals surface area contributed by atoms with Gasteiger partial charge in [0.2, 0.25) is 0 Å². The van der Waals surface area contributed by atoms with Gasteiger partial charge < -0.3 is 10.2 Å². The van der Waals surface area contributed by atoms with Crippen molar-refractivity contribution in [2.45, 2.75) is 31.6 Å². The molecule has 0 spiro atoms. The highest BCUT2D eigenvalue weighted by Crippen LogP contribution is 2.36. The molecule has 0 unspecified atom stereocenters. The zero-order valence-corrected chi connectivity index (χ0v) is 9.63. The van der Waals surface area contributed by atoms with Crippen molar-refractivity contribution in [2.24, 2.45) is 0 Å². The van der Waals surface area contributed by atoms with Crippen LogP contribution in [-0.4, -0.2) is 4.98 Å². The van der Waals surface area contributed by atoms with E-state index in [4.69, 9.17) is 21.8 Å². The maximum atomic E-state index is 5.93. The van der Waals surface area contributed by atoms with Crippen molar-refractivity contribution >= 4 is 28.4 Å². The number of aromatic nitrogens is 1. The standard InChI is InChI=1S/C12H13ClN2O/c13-8-5-9(14)11-10(6-8)15-12(16-11)7-3-1-2-4-7/h5-7H,1-4,14H2. The van der Waals surface area contributed by atoms with Gasteiger partial charge in [-0.1, -0.05) is 24.4 Å². The summed E-state index contributed by atoms with van der Waals surface area (Å²) in [5.41, 5.74) is 7.86. The van der Waals surface area contributed by atoms with E-state index in [-0.39, 0.29) is 0 Å². The van der Waals surface area contributed by atoms with Gasteiger partial charge in [-0.2, -0.15) is 0 Å². The molecule has 0 atom stereocenters. The molecule has 3 rings (SSSR count). The molecule has 84 valence electrons. The molecule has 2 aromatic rings. The van der Waals surface area contributed by atoms with Gasteiger partial charge in [-0.3, -0.25) is 0 Å². The predicted molar refractivity (Wildman–Crippen MR) is 64.6 cm³/mol. The summed E-state index contributed by atoms with van der Waals surface area (Å²) in [6.45, 7) is 0. The van der Waals surface area contributed by atoms with E-state index in [1.807, 2.05) is 0 Å². The Labute approximate surface area is 98.6 Å². The van der Waals surface area contributed by atoms with Gasteiger partial charge in [-0.15, -0.1) is 0 Å². The second-order valence-electron chi connectivity index (χ2n) is 4.38. The van der Waals surface area contributed by atoms with E-state index < -0.39 is 0 Å². The number of halogens is 1. The Balaban J connectivity index is 2.11. The zero-order valence-electron chi connectivity index (χ0n) is 8.87. The SMILES string of the molecule is Nc1cc(Cl)cc2nc(C3CCCC3)oc12. The first-order chi connectivity index (χ1) is 7.74. The van der Waals surface area contributed by atoms with Crippen LogP contribution >= 0.6 is 11.6 Å². The van der Waals surface area contributed by atoms with Crippen molar-refractivity contribution in [2.75, 3.05) is 5.73 Å². The van der Waals surface area contributed by atoms with E-state index in [9.17, 15) is 0 Å². The maximum Gasteiger partial charge on any atom is 0.198 e. The van der Waals surface area contributed by atoms with Crippen molar-refractivity contribution in [1.29, 1.82) is 0 Å². The van der Waals surface area contributed by atoms with E-state index >= 15 is 0 Å². The predicted octanol–water partition coefficient (Wildman–Crippen LogP) is 3.72. The lowest BCUT2D eigenvalue weighted by Crippen LogP contribution is -1.90. The van der Waals surface area contributed by atoms with Crippen LogP contribution in [0, 0.1) is 0 Å². The molecule has 0 amide bonds. The fourth-order valence-corrected chi connectivity index (χ4v) is 2.61. The number of benzene rings is 1. The van der Waals surface area contributed by atoms with Gasteiger partial charge in [0.15, 0.2) is 11.5 Å². The monoisotopic (exact) mass is 236 g/mol. The smallest absolute Gasteiger partial charge is 0.198 e. The largest absolute Gasteiger partial charge is 0.438 e. The molecule has 1 aromatic carbocycles. The first-order valence-electron chi connectivity index (χ1n) is 5.59. The lowest BCUT2D eigenvalue weighted by atomic mass is 10.1. The van der Waals surface area contributed by atoms with Gasteiger partial charge in [-0.25, -0.2) is 4.98 Å². The number of hydrogen-bond donors (Lipinski definition) is 1. The van der Waals surface area contributed by atoms with Gasteiger partial charge in [0, 0.05) is 10.9 Å². The Kier molecular flexibility index (Phi) is 2.28. The van der Waals surface area contributed by atoms with E-state index in [1.165, 1.54) is 25.7 Å². The molecule has 4 heteroatoms. The number of nitrogen functional groups attached to an aromatic ring is 1. The highest BCUT2D eigenvalue weighted by atomic mass is 35.5. The first kappa shape index (κ1) is 9.97. The minimum absolute atomic E-state index is 0.463. The lowest BCUT2D eigenvalue weighted by molar-refractivity contribution is 0.475. The number of oxazole rings is 1. The van der Waals surface area contributed by atoms with Crippen LogP contribution in [0.5, 0.6) is 0 Å². The molecule has 16 heavy (non-hydrogen) atoms. The van der Waals surface area contributed by atoms with Crippen molar-refractivity contribution in [3.63, 3.8) is 0 Å². The average molecular weight is 237 g/mol. The molecular formula is C12H13ClN2O. The van der Waals surface area contributed by atoms with Crippen LogP contribution in [-0.2, 0) is 0 Å². The minimum Gasteiger partial charge on any atom is -0.438 e. The van der Waals surface area contributed by atoms with Crippen LogP contribution in [0.4, 0.5) is 5.69 Å². The highest BCUT2D eigenvalue weighted by molar-refractivity contribution is 6.31. The summed E-state index contributed by atoms with van der Waals surface area (Å²) < 4.78 is 5.74. The van der Waals surface area contributed by atoms with Gasteiger partial charge in [-0.05, 0) is 25.0 Å². The Hall–Kier alpha value is -1.22. The molecule has 0 saturated heterocycles. The van der Waals surface area contributed by atoms with Crippen LogP contribution in [0.3, 0.4) is 0 Å². The Morgan fingerprint density at radius 2 is 2.06 bits per heavy atom. The van der Waals surface area contributed by atoms with E-state index in [2.05, 4.69) is 4.98 Å². The third kappa shape index (κ3) is 1.55. The quantitative estimate of drug-likeness (QED) is 0.768. The van der Waals surface area contributed by atoms with Crippen molar-refractivity contribution in [3.8, 4) is 0 Å². The average Bonchev–Trinajstić information content (AvgIpc) is 2.82. The van der Waals surface area contributed by atoms with E-state index in [0.717, 1.165) is 11.4 Å². The summed E-state index contributed by atoms with van der Waals surface area (Å²) in [4.78, 5) is 4.49. The van der Waals surface area contributed by atoms with E-state index in [1.54, 1.807) is 12.1 Å². The van der Waals surface area contributed by atoms with Crippen LogP contribution in [0.15, 0.2) is 16.5 Å².